The van der Waals surface area contributed by atoms with Gasteiger partial charge in [0, 0.05) is 13.1 Å². The van der Waals surface area contributed by atoms with Crippen LogP contribution >= 0.6 is 0 Å². The van der Waals surface area contributed by atoms with E-state index in [2.05, 4.69) is 49.4 Å². The van der Waals surface area contributed by atoms with Gasteiger partial charge in [-0.3, -0.25) is 4.90 Å². The molecule has 2 aliphatic rings. The van der Waals surface area contributed by atoms with Gasteiger partial charge in [0.1, 0.15) is 5.75 Å². The van der Waals surface area contributed by atoms with E-state index in [9.17, 15) is 5.11 Å². The molecule has 1 aromatic heterocycles. The Bertz CT molecular complexity index is 961. The number of hydrogen-bond acceptors (Lipinski definition) is 5. The molecule has 29 heavy (non-hydrogen) atoms. The van der Waals surface area contributed by atoms with E-state index in [0.717, 1.165) is 43.7 Å². The van der Waals surface area contributed by atoms with Crippen LogP contribution < -0.4 is 0 Å². The summed E-state index contributed by atoms with van der Waals surface area (Å²) >= 11 is 0. The molecule has 2 heterocycles. The van der Waals surface area contributed by atoms with Gasteiger partial charge in [-0.1, -0.05) is 55.7 Å². The Hall–Kier alpha value is -2.73. The van der Waals surface area contributed by atoms with Crippen molar-refractivity contribution in [2.45, 2.75) is 57.2 Å². The van der Waals surface area contributed by atoms with Crippen molar-refractivity contribution in [3.8, 4) is 5.75 Å². The van der Waals surface area contributed by atoms with E-state index in [1.165, 1.54) is 30.4 Å². The van der Waals surface area contributed by atoms with E-state index < -0.39 is 0 Å². The molecule has 1 fully saturated rings. The Morgan fingerprint density at radius 3 is 2.48 bits per heavy atom. The molecule has 0 spiro atoms. The van der Waals surface area contributed by atoms with Crippen molar-refractivity contribution < 1.29 is 5.11 Å². The van der Waals surface area contributed by atoms with E-state index in [-0.39, 0.29) is 11.8 Å². The van der Waals surface area contributed by atoms with Crippen LogP contribution in [-0.4, -0.2) is 36.8 Å². The second-order valence-electron chi connectivity index (χ2n) is 8.26. The molecule has 3 aromatic rings. The number of benzene rings is 2. The first kappa shape index (κ1) is 18.3. The van der Waals surface area contributed by atoms with Crippen LogP contribution in [-0.2, 0) is 13.0 Å². The zero-order valence-corrected chi connectivity index (χ0v) is 16.6. The molecule has 1 saturated carbocycles. The van der Waals surface area contributed by atoms with Gasteiger partial charge in [0.2, 0.25) is 0 Å². The van der Waals surface area contributed by atoms with Crippen LogP contribution in [0.25, 0.3) is 0 Å². The lowest BCUT2D eigenvalue weighted by Gasteiger charge is -2.36. The first-order chi connectivity index (χ1) is 14.3. The summed E-state index contributed by atoms with van der Waals surface area (Å²) in [5.41, 5.74) is 3.92. The highest BCUT2D eigenvalue weighted by molar-refractivity contribution is 5.34. The lowest BCUT2D eigenvalue weighted by atomic mass is 9.94. The quantitative estimate of drug-likeness (QED) is 0.730. The normalized spacial score (nSPS) is 19.0. The summed E-state index contributed by atoms with van der Waals surface area (Å²) in [6, 6.07) is 16.6. The standard InChI is InChI=1S/C23H27N5O/c29-21-12-10-18(11-13-21)22(27-15-14-17-6-4-5-7-19(17)16-27)23-24-25-26-28(23)20-8-2-1-3-9-20/h4-7,10-13,20,22,29H,1-3,8-9,14-16H2. The molecule has 6 nitrogen and oxygen atoms in total. The minimum absolute atomic E-state index is 0.0270. The molecule has 0 saturated heterocycles. The van der Waals surface area contributed by atoms with Gasteiger partial charge in [-0.2, -0.15) is 0 Å². The van der Waals surface area contributed by atoms with Crippen molar-refractivity contribution >= 4 is 0 Å². The highest BCUT2D eigenvalue weighted by Gasteiger charge is 2.32. The number of nitrogens with zero attached hydrogens (tertiary/aromatic N) is 5. The SMILES string of the molecule is Oc1ccc(C(c2nnnn2C2CCCCC2)N2CCc3ccccc3C2)cc1. The van der Waals surface area contributed by atoms with E-state index in [4.69, 9.17) is 0 Å². The largest absolute Gasteiger partial charge is 0.508 e. The number of aromatic hydroxyl groups is 1. The third-order valence-electron chi connectivity index (χ3n) is 6.42. The molecule has 1 unspecified atom stereocenters. The molecule has 150 valence electrons. The number of aromatic nitrogens is 4. The van der Waals surface area contributed by atoms with Crippen molar-refractivity contribution in [1.29, 1.82) is 0 Å². The third-order valence-corrected chi connectivity index (χ3v) is 6.42. The Morgan fingerprint density at radius 1 is 0.931 bits per heavy atom. The average molecular weight is 390 g/mol. The van der Waals surface area contributed by atoms with E-state index >= 15 is 0 Å². The summed E-state index contributed by atoms with van der Waals surface area (Å²) in [6.45, 7) is 1.83. The molecule has 0 radical (unpaired) electrons. The molecule has 1 aliphatic heterocycles. The lowest BCUT2D eigenvalue weighted by Crippen LogP contribution is -2.36. The molecule has 1 atom stereocenters. The molecule has 2 aromatic carbocycles. The summed E-state index contributed by atoms with van der Waals surface area (Å²) < 4.78 is 2.08. The van der Waals surface area contributed by atoms with Crippen LogP contribution in [0, 0.1) is 0 Å². The van der Waals surface area contributed by atoms with E-state index in [1.807, 2.05) is 12.1 Å². The van der Waals surface area contributed by atoms with E-state index in [1.54, 1.807) is 12.1 Å². The average Bonchev–Trinajstić information content (AvgIpc) is 3.25. The van der Waals surface area contributed by atoms with Gasteiger partial charge < -0.3 is 5.11 Å². The van der Waals surface area contributed by atoms with Gasteiger partial charge >= 0.3 is 0 Å². The number of phenols is 1. The second-order valence-corrected chi connectivity index (χ2v) is 8.26. The van der Waals surface area contributed by atoms with Crippen molar-refractivity contribution in [3.05, 3.63) is 71.0 Å². The molecular weight excluding hydrogens is 362 g/mol. The molecule has 0 bridgehead atoms. The van der Waals surface area contributed by atoms with Crippen LogP contribution in [0.5, 0.6) is 5.75 Å². The predicted octanol–water partition coefficient (Wildman–Crippen LogP) is 4.03. The van der Waals surface area contributed by atoms with Crippen LogP contribution in [0.15, 0.2) is 48.5 Å². The number of hydrogen-bond donors (Lipinski definition) is 1. The van der Waals surface area contributed by atoms with Gasteiger partial charge in [-0.25, -0.2) is 4.68 Å². The topological polar surface area (TPSA) is 67.1 Å². The van der Waals surface area contributed by atoms with Crippen LogP contribution in [0.4, 0.5) is 0 Å². The Balaban J connectivity index is 1.54. The minimum Gasteiger partial charge on any atom is -0.508 e. The fourth-order valence-electron chi connectivity index (χ4n) is 4.88. The van der Waals surface area contributed by atoms with E-state index in [0.29, 0.717) is 6.04 Å². The maximum absolute atomic E-state index is 9.81. The van der Waals surface area contributed by atoms with Crippen LogP contribution in [0.2, 0.25) is 0 Å². The summed E-state index contributed by atoms with van der Waals surface area (Å²) in [4.78, 5) is 2.47. The number of phenolic OH excluding ortho intramolecular Hbond substituents is 1. The van der Waals surface area contributed by atoms with Crippen LogP contribution in [0.1, 0.15) is 66.7 Å². The van der Waals surface area contributed by atoms with Gasteiger partial charge in [0.05, 0.1) is 12.1 Å². The summed E-state index contributed by atoms with van der Waals surface area (Å²) in [5.74, 6) is 1.20. The zero-order valence-electron chi connectivity index (χ0n) is 16.6. The van der Waals surface area contributed by atoms with Gasteiger partial charge in [0.15, 0.2) is 5.82 Å². The molecule has 6 heteroatoms. The molecule has 1 aliphatic carbocycles. The molecule has 1 N–H and O–H groups in total. The molecule has 0 amide bonds. The first-order valence-electron chi connectivity index (χ1n) is 10.7. The third kappa shape index (κ3) is 3.65. The lowest BCUT2D eigenvalue weighted by molar-refractivity contribution is 0.187. The monoisotopic (exact) mass is 389 g/mol. The summed E-state index contributed by atoms with van der Waals surface area (Å²) in [5, 5.41) is 22.8. The number of fused-ring (bicyclic) bond motifs is 1. The zero-order chi connectivity index (χ0) is 19.6. The van der Waals surface area contributed by atoms with Crippen LogP contribution in [0.3, 0.4) is 0 Å². The smallest absolute Gasteiger partial charge is 0.173 e. The Kier molecular flexibility index (Phi) is 5.02. The highest BCUT2D eigenvalue weighted by Crippen LogP contribution is 2.35. The molecular formula is C23H27N5O. The maximum atomic E-state index is 9.81. The number of rotatable bonds is 4. The minimum atomic E-state index is -0.0270. The Morgan fingerprint density at radius 2 is 1.69 bits per heavy atom. The maximum Gasteiger partial charge on any atom is 0.173 e. The highest BCUT2D eigenvalue weighted by atomic mass is 16.3. The van der Waals surface area contributed by atoms with Gasteiger partial charge in [0.25, 0.3) is 0 Å². The summed E-state index contributed by atoms with van der Waals surface area (Å²) in [6.07, 6.45) is 7.09. The summed E-state index contributed by atoms with van der Waals surface area (Å²) in [7, 11) is 0. The fourth-order valence-corrected chi connectivity index (χ4v) is 4.88. The predicted molar refractivity (Wildman–Crippen MR) is 110 cm³/mol. The van der Waals surface area contributed by atoms with Gasteiger partial charge in [-0.05, 0) is 58.5 Å². The molecule has 5 rings (SSSR count). The first-order valence-corrected chi connectivity index (χ1v) is 10.7. The van der Waals surface area contributed by atoms with Crippen molar-refractivity contribution in [1.82, 2.24) is 25.1 Å². The second kappa shape index (κ2) is 7.95. The van der Waals surface area contributed by atoms with Crippen molar-refractivity contribution in [2.75, 3.05) is 6.54 Å². The Labute approximate surface area is 171 Å². The van der Waals surface area contributed by atoms with Crippen molar-refractivity contribution in [2.24, 2.45) is 0 Å². The number of tetrazole rings is 1. The van der Waals surface area contributed by atoms with Crippen molar-refractivity contribution in [3.63, 3.8) is 0 Å². The fraction of sp³-hybridized carbons (Fsp3) is 0.435. The van der Waals surface area contributed by atoms with Gasteiger partial charge in [-0.15, -0.1) is 5.10 Å².